The number of aliphatic carboxylic acids is 1. The fourth-order valence-corrected chi connectivity index (χ4v) is 3.58. The van der Waals surface area contributed by atoms with Gasteiger partial charge in [-0.2, -0.15) is 0 Å². The van der Waals surface area contributed by atoms with E-state index in [9.17, 15) is 14.7 Å². The van der Waals surface area contributed by atoms with E-state index in [1.54, 1.807) is 0 Å². The molecule has 0 unspecified atom stereocenters. The number of hydrogen-bond acceptors (Lipinski definition) is 2. The van der Waals surface area contributed by atoms with Gasteiger partial charge in [-0.3, -0.25) is 9.59 Å². The minimum atomic E-state index is -0.817. The molecule has 0 aromatic rings. The lowest BCUT2D eigenvalue weighted by Crippen LogP contribution is -2.43. The molecule has 4 heteroatoms. The number of carboxylic acids is 1. The van der Waals surface area contributed by atoms with Crippen molar-refractivity contribution >= 4 is 11.9 Å². The summed E-state index contributed by atoms with van der Waals surface area (Å²) in [5.74, 6) is -1.43. The van der Waals surface area contributed by atoms with Crippen LogP contribution in [0.25, 0.3) is 0 Å². The van der Waals surface area contributed by atoms with Crippen LogP contribution in [0.4, 0.5) is 0 Å². The van der Waals surface area contributed by atoms with Crippen molar-refractivity contribution in [3.63, 3.8) is 0 Å². The smallest absolute Gasteiger partial charge is 0.307 e. The van der Waals surface area contributed by atoms with Crippen molar-refractivity contribution in [2.75, 3.05) is 13.1 Å². The lowest BCUT2D eigenvalue weighted by Gasteiger charge is -2.30. The molecule has 4 nitrogen and oxygen atoms in total. The van der Waals surface area contributed by atoms with Gasteiger partial charge in [0, 0.05) is 13.1 Å². The van der Waals surface area contributed by atoms with Crippen LogP contribution in [0.3, 0.4) is 0 Å². The van der Waals surface area contributed by atoms with Gasteiger partial charge in [-0.05, 0) is 31.1 Å². The number of nitrogens with zero attached hydrogens (tertiary/aromatic N) is 1. The average Bonchev–Trinajstić information content (AvgIpc) is 2.97. The molecule has 0 spiro atoms. The number of hydrogen-bond donors (Lipinski definition) is 1. The molecule has 0 aliphatic heterocycles. The van der Waals surface area contributed by atoms with Crippen molar-refractivity contribution < 1.29 is 14.7 Å². The summed E-state index contributed by atoms with van der Waals surface area (Å²) in [6, 6.07) is 0. The maximum atomic E-state index is 12.7. The zero-order valence-corrected chi connectivity index (χ0v) is 11.7. The van der Waals surface area contributed by atoms with E-state index in [1.165, 1.54) is 0 Å². The van der Waals surface area contributed by atoms with Crippen LogP contribution in [0, 0.1) is 23.7 Å². The Morgan fingerprint density at radius 2 is 1.63 bits per heavy atom. The summed E-state index contributed by atoms with van der Waals surface area (Å²) in [7, 11) is 0. The maximum absolute atomic E-state index is 12.7. The molecule has 2 aliphatic rings. The SMILES string of the molecule is CCCN(CCC)C(=O)[C@@H]1[C@@H](C(=O)O)[C@@H]2C=C[C@H]1C2. The van der Waals surface area contributed by atoms with Gasteiger partial charge >= 0.3 is 5.97 Å². The molecule has 2 rings (SSSR count). The fourth-order valence-electron chi connectivity index (χ4n) is 3.58. The van der Waals surface area contributed by atoms with Crippen molar-refractivity contribution in [3.8, 4) is 0 Å². The second kappa shape index (κ2) is 5.76. The van der Waals surface area contributed by atoms with E-state index in [2.05, 4.69) is 0 Å². The predicted molar refractivity (Wildman–Crippen MR) is 72.5 cm³/mol. The summed E-state index contributed by atoms with van der Waals surface area (Å²) < 4.78 is 0. The van der Waals surface area contributed by atoms with Gasteiger partial charge < -0.3 is 10.0 Å². The highest BCUT2D eigenvalue weighted by atomic mass is 16.4. The molecule has 19 heavy (non-hydrogen) atoms. The molecule has 0 heterocycles. The van der Waals surface area contributed by atoms with Gasteiger partial charge in [0.25, 0.3) is 0 Å². The van der Waals surface area contributed by atoms with Gasteiger partial charge in [0.15, 0.2) is 0 Å². The van der Waals surface area contributed by atoms with Crippen molar-refractivity contribution in [3.05, 3.63) is 12.2 Å². The van der Waals surface area contributed by atoms with Gasteiger partial charge in [0.1, 0.15) is 0 Å². The molecule has 0 aromatic heterocycles. The second-order valence-corrected chi connectivity index (χ2v) is 5.66. The zero-order chi connectivity index (χ0) is 14.0. The van der Waals surface area contributed by atoms with Crippen LogP contribution in [0.5, 0.6) is 0 Å². The quantitative estimate of drug-likeness (QED) is 0.749. The minimum Gasteiger partial charge on any atom is -0.481 e. The van der Waals surface area contributed by atoms with E-state index in [-0.39, 0.29) is 23.7 Å². The Balaban J connectivity index is 2.16. The monoisotopic (exact) mass is 265 g/mol. The molecule has 1 N–H and O–H groups in total. The van der Waals surface area contributed by atoms with Crippen LogP contribution in [0.1, 0.15) is 33.1 Å². The highest BCUT2D eigenvalue weighted by molar-refractivity contribution is 5.87. The summed E-state index contributed by atoms with van der Waals surface area (Å²) in [6.45, 7) is 5.56. The summed E-state index contributed by atoms with van der Waals surface area (Å²) in [6.07, 6.45) is 6.69. The lowest BCUT2D eigenvalue weighted by atomic mass is 9.82. The standard InChI is InChI=1S/C15H23NO3/c1-3-7-16(8-4-2)14(17)12-10-5-6-11(9-10)13(12)15(18)19/h5-6,10-13H,3-4,7-9H2,1-2H3,(H,18,19)/t10-,11+,12-,13-/m0/s1. The van der Waals surface area contributed by atoms with E-state index < -0.39 is 11.9 Å². The van der Waals surface area contributed by atoms with Crippen LogP contribution >= 0.6 is 0 Å². The Hall–Kier alpha value is -1.32. The average molecular weight is 265 g/mol. The van der Waals surface area contributed by atoms with E-state index >= 15 is 0 Å². The van der Waals surface area contributed by atoms with Crippen LogP contribution < -0.4 is 0 Å². The van der Waals surface area contributed by atoms with Crippen molar-refractivity contribution in [1.82, 2.24) is 4.90 Å². The molecule has 106 valence electrons. The summed E-state index contributed by atoms with van der Waals surface area (Å²) in [5.41, 5.74) is 0. The Kier molecular flexibility index (Phi) is 4.27. The fraction of sp³-hybridized carbons (Fsp3) is 0.733. The molecule has 2 aliphatic carbocycles. The largest absolute Gasteiger partial charge is 0.481 e. The summed E-state index contributed by atoms with van der Waals surface area (Å²) >= 11 is 0. The summed E-state index contributed by atoms with van der Waals surface area (Å²) in [4.78, 5) is 26.0. The number of carboxylic acid groups (broad SMARTS) is 1. The topological polar surface area (TPSA) is 57.6 Å². The molecule has 1 amide bonds. The van der Waals surface area contributed by atoms with Gasteiger partial charge in [-0.25, -0.2) is 0 Å². The van der Waals surface area contributed by atoms with E-state index in [1.807, 2.05) is 30.9 Å². The first-order valence-electron chi connectivity index (χ1n) is 7.30. The molecule has 0 saturated heterocycles. The Labute approximate surface area is 114 Å². The number of amides is 1. The third kappa shape index (κ3) is 2.53. The highest BCUT2D eigenvalue weighted by Gasteiger charge is 2.52. The van der Waals surface area contributed by atoms with Crippen LogP contribution in [0.15, 0.2) is 12.2 Å². The molecule has 1 saturated carbocycles. The number of allylic oxidation sites excluding steroid dienone is 2. The molecule has 0 aromatic carbocycles. The highest BCUT2D eigenvalue weighted by Crippen LogP contribution is 2.48. The molecule has 0 radical (unpaired) electrons. The summed E-state index contributed by atoms with van der Waals surface area (Å²) in [5, 5.41) is 9.39. The number of carbonyl (C=O) groups is 2. The van der Waals surface area contributed by atoms with Crippen LogP contribution in [-0.2, 0) is 9.59 Å². The van der Waals surface area contributed by atoms with Gasteiger partial charge in [-0.1, -0.05) is 26.0 Å². The normalized spacial score (nSPS) is 31.7. The number of rotatable bonds is 6. The maximum Gasteiger partial charge on any atom is 0.307 e. The molecular weight excluding hydrogens is 242 g/mol. The number of fused-ring (bicyclic) bond motifs is 2. The molecule has 1 fully saturated rings. The van der Waals surface area contributed by atoms with Crippen molar-refractivity contribution in [2.24, 2.45) is 23.7 Å². The molecule has 2 bridgehead atoms. The van der Waals surface area contributed by atoms with Gasteiger partial charge in [0.05, 0.1) is 11.8 Å². The zero-order valence-electron chi connectivity index (χ0n) is 11.7. The van der Waals surface area contributed by atoms with E-state index in [0.717, 1.165) is 32.4 Å². The van der Waals surface area contributed by atoms with Crippen LogP contribution in [-0.4, -0.2) is 35.0 Å². The first-order valence-corrected chi connectivity index (χ1v) is 7.30. The Morgan fingerprint density at radius 1 is 1.11 bits per heavy atom. The Bertz CT molecular complexity index is 385. The van der Waals surface area contributed by atoms with Crippen molar-refractivity contribution in [2.45, 2.75) is 33.1 Å². The third-order valence-corrected chi connectivity index (χ3v) is 4.33. The van der Waals surface area contributed by atoms with Gasteiger partial charge in [-0.15, -0.1) is 0 Å². The number of carbonyl (C=O) groups excluding carboxylic acids is 1. The molecule has 4 atom stereocenters. The third-order valence-electron chi connectivity index (χ3n) is 4.33. The lowest BCUT2D eigenvalue weighted by molar-refractivity contribution is -0.151. The first-order chi connectivity index (χ1) is 9.10. The van der Waals surface area contributed by atoms with Crippen molar-refractivity contribution in [1.29, 1.82) is 0 Å². The molecular formula is C15H23NO3. The van der Waals surface area contributed by atoms with E-state index in [4.69, 9.17) is 0 Å². The van der Waals surface area contributed by atoms with Gasteiger partial charge in [0.2, 0.25) is 5.91 Å². The first kappa shape index (κ1) is 14.1. The van der Waals surface area contributed by atoms with Crippen LogP contribution in [0.2, 0.25) is 0 Å². The second-order valence-electron chi connectivity index (χ2n) is 5.66. The predicted octanol–water partition coefficient (Wildman–Crippen LogP) is 2.16. The Morgan fingerprint density at radius 3 is 2.11 bits per heavy atom. The minimum absolute atomic E-state index is 0.0490. The van der Waals surface area contributed by atoms with E-state index in [0.29, 0.717) is 0 Å².